The second-order valence-corrected chi connectivity index (χ2v) is 7.44. The first-order valence-corrected chi connectivity index (χ1v) is 10.1. The number of nitrogens with zero attached hydrogens (tertiary/aromatic N) is 1. The van der Waals surface area contributed by atoms with E-state index in [-0.39, 0.29) is 5.69 Å². The van der Waals surface area contributed by atoms with Crippen molar-refractivity contribution in [1.82, 2.24) is 15.3 Å². The molecule has 2 aromatic heterocycles. The second-order valence-electron chi connectivity index (χ2n) is 7.44. The van der Waals surface area contributed by atoms with Gasteiger partial charge in [0.15, 0.2) is 0 Å². The zero-order valence-electron chi connectivity index (χ0n) is 18.3. The Morgan fingerprint density at radius 1 is 1.03 bits per heavy atom. The van der Waals surface area contributed by atoms with Crippen LogP contribution in [0.2, 0.25) is 0 Å². The molecular formula is C24H24N4O4. The SMILES string of the molecule is COc1ccc(OC)c(NC(=O)C(C)NC(=O)c2cc3c([nH]c4ccccc43)c(C)n2)c1. The van der Waals surface area contributed by atoms with Crippen molar-refractivity contribution in [2.75, 3.05) is 19.5 Å². The fraction of sp³-hybridized carbons (Fsp3) is 0.208. The van der Waals surface area contributed by atoms with E-state index in [0.717, 1.165) is 21.8 Å². The van der Waals surface area contributed by atoms with Crippen LogP contribution < -0.4 is 20.1 Å². The molecule has 8 heteroatoms. The predicted molar refractivity (Wildman–Crippen MR) is 123 cm³/mol. The first kappa shape index (κ1) is 21.2. The number of hydrogen-bond acceptors (Lipinski definition) is 5. The van der Waals surface area contributed by atoms with Gasteiger partial charge in [0.1, 0.15) is 23.2 Å². The summed E-state index contributed by atoms with van der Waals surface area (Å²) in [6.07, 6.45) is 0. The molecule has 0 aliphatic rings. The number of H-pyrrole nitrogens is 1. The van der Waals surface area contributed by atoms with Crippen LogP contribution in [-0.2, 0) is 4.79 Å². The quantitative estimate of drug-likeness (QED) is 0.430. The fourth-order valence-corrected chi connectivity index (χ4v) is 3.61. The summed E-state index contributed by atoms with van der Waals surface area (Å²) in [4.78, 5) is 33.4. The van der Waals surface area contributed by atoms with E-state index in [4.69, 9.17) is 9.47 Å². The molecule has 3 N–H and O–H groups in total. The molecule has 4 aromatic rings. The van der Waals surface area contributed by atoms with Crippen LogP contribution in [0.15, 0.2) is 48.5 Å². The van der Waals surface area contributed by atoms with Crippen LogP contribution in [0.25, 0.3) is 21.8 Å². The Balaban J connectivity index is 1.54. The number of aromatic amines is 1. The van der Waals surface area contributed by atoms with Crippen molar-refractivity contribution in [3.8, 4) is 11.5 Å². The molecule has 4 rings (SSSR count). The Morgan fingerprint density at radius 3 is 2.56 bits per heavy atom. The number of aryl methyl sites for hydroxylation is 1. The Hall–Kier alpha value is -4.07. The van der Waals surface area contributed by atoms with E-state index in [2.05, 4.69) is 20.6 Å². The van der Waals surface area contributed by atoms with Crippen molar-refractivity contribution in [2.45, 2.75) is 19.9 Å². The van der Waals surface area contributed by atoms with Gasteiger partial charge >= 0.3 is 0 Å². The molecule has 2 amide bonds. The van der Waals surface area contributed by atoms with Gasteiger partial charge in [-0.05, 0) is 38.1 Å². The number of fused-ring (bicyclic) bond motifs is 3. The summed E-state index contributed by atoms with van der Waals surface area (Å²) in [5, 5.41) is 7.41. The predicted octanol–water partition coefficient (Wildman–Crippen LogP) is 3.80. The number of nitrogens with one attached hydrogen (secondary N) is 3. The van der Waals surface area contributed by atoms with Gasteiger partial charge in [-0.2, -0.15) is 0 Å². The van der Waals surface area contributed by atoms with Crippen LogP contribution in [0.3, 0.4) is 0 Å². The highest BCUT2D eigenvalue weighted by atomic mass is 16.5. The molecule has 0 aliphatic carbocycles. The van der Waals surface area contributed by atoms with E-state index in [1.165, 1.54) is 14.2 Å². The molecule has 0 bridgehead atoms. The van der Waals surface area contributed by atoms with E-state index >= 15 is 0 Å². The molecule has 32 heavy (non-hydrogen) atoms. The monoisotopic (exact) mass is 432 g/mol. The molecule has 8 nitrogen and oxygen atoms in total. The van der Waals surface area contributed by atoms with E-state index < -0.39 is 17.9 Å². The maximum absolute atomic E-state index is 12.9. The molecular weight excluding hydrogens is 408 g/mol. The lowest BCUT2D eigenvalue weighted by atomic mass is 10.1. The summed E-state index contributed by atoms with van der Waals surface area (Å²) in [6, 6.07) is 13.9. The zero-order valence-corrected chi connectivity index (χ0v) is 18.3. The molecule has 0 spiro atoms. The number of aromatic nitrogens is 2. The van der Waals surface area contributed by atoms with Crippen molar-refractivity contribution < 1.29 is 19.1 Å². The van der Waals surface area contributed by atoms with Crippen LogP contribution >= 0.6 is 0 Å². The number of methoxy groups -OCH3 is 2. The number of para-hydroxylation sites is 1. The number of pyridine rings is 1. The Labute approximate surface area is 184 Å². The van der Waals surface area contributed by atoms with Crippen molar-refractivity contribution in [3.63, 3.8) is 0 Å². The highest BCUT2D eigenvalue weighted by Crippen LogP contribution is 2.29. The third-order valence-electron chi connectivity index (χ3n) is 5.32. The molecule has 2 heterocycles. The van der Waals surface area contributed by atoms with Crippen LogP contribution in [0.1, 0.15) is 23.1 Å². The summed E-state index contributed by atoms with van der Waals surface area (Å²) in [6.45, 7) is 3.46. The summed E-state index contributed by atoms with van der Waals surface area (Å²) in [5.74, 6) is 0.236. The third kappa shape index (κ3) is 3.94. The fourth-order valence-electron chi connectivity index (χ4n) is 3.61. The van der Waals surface area contributed by atoms with Crippen molar-refractivity contribution in [2.24, 2.45) is 0 Å². The molecule has 0 fully saturated rings. The van der Waals surface area contributed by atoms with Gasteiger partial charge in [0, 0.05) is 22.4 Å². The molecule has 2 aromatic carbocycles. The van der Waals surface area contributed by atoms with Gasteiger partial charge in [0.25, 0.3) is 5.91 Å². The second kappa shape index (κ2) is 8.58. The van der Waals surface area contributed by atoms with Gasteiger partial charge in [-0.15, -0.1) is 0 Å². The van der Waals surface area contributed by atoms with Crippen LogP contribution in [-0.4, -0.2) is 42.0 Å². The van der Waals surface area contributed by atoms with Gasteiger partial charge in [-0.3, -0.25) is 9.59 Å². The largest absolute Gasteiger partial charge is 0.497 e. The highest BCUT2D eigenvalue weighted by Gasteiger charge is 2.20. The van der Waals surface area contributed by atoms with Crippen LogP contribution in [0, 0.1) is 6.92 Å². The topological polar surface area (TPSA) is 105 Å². The summed E-state index contributed by atoms with van der Waals surface area (Å²) in [7, 11) is 3.05. The molecule has 1 unspecified atom stereocenters. The minimum Gasteiger partial charge on any atom is -0.497 e. The first-order valence-electron chi connectivity index (χ1n) is 10.1. The lowest BCUT2D eigenvalue weighted by molar-refractivity contribution is -0.117. The number of benzene rings is 2. The summed E-state index contributed by atoms with van der Waals surface area (Å²) in [5.41, 5.74) is 3.27. The van der Waals surface area contributed by atoms with Crippen LogP contribution in [0.4, 0.5) is 5.69 Å². The zero-order chi connectivity index (χ0) is 22.8. The van der Waals surface area contributed by atoms with E-state index in [0.29, 0.717) is 22.9 Å². The average Bonchev–Trinajstić information content (AvgIpc) is 3.18. The highest BCUT2D eigenvalue weighted by molar-refractivity contribution is 6.10. The number of carbonyl (C=O) groups excluding carboxylic acids is 2. The number of anilines is 1. The van der Waals surface area contributed by atoms with Crippen molar-refractivity contribution >= 4 is 39.3 Å². The first-order chi connectivity index (χ1) is 15.4. The maximum atomic E-state index is 12.9. The number of ether oxygens (including phenoxy) is 2. The van der Waals surface area contributed by atoms with Gasteiger partial charge in [0.2, 0.25) is 5.91 Å². The molecule has 0 saturated heterocycles. The van der Waals surface area contributed by atoms with E-state index in [1.807, 2.05) is 31.2 Å². The van der Waals surface area contributed by atoms with Crippen LogP contribution in [0.5, 0.6) is 11.5 Å². The van der Waals surface area contributed by atoms with Gasteiger partial charge < -0.3 is 25.1 Å². The van der Waals surface area contributed by atoms with Gasteiger partial charge in [0.05, 0.1) is 31.1 Å². The molecule has 0 saturated carbocycles. The maximum Gasteiger partial charge on any atom is 0.270 e. The van der Waals surface area contributed by atoms with Crippen molar-refractivity contribution in [1.29, 1.82) is 0 Å². The Kier molecular flexibility index (Phi) is 5.68. The average molecular weight is 432 g/mol. The number of rotatable bonds is 6. The van der Waals surface area contributed by atoms with Gasteiger partial charge in [-0.1, -0.05) is 18.2 Å². The Morgan fingerprint density at radius 2 is 1.81 bits per heavy atom. The standard InChI is InChI=1S/C24H24N4O4/c1-13-22-17(16-7-5-6-8-18(16)27-22)12-20(25-13)24(30)26-14(2)23(29)28-19-11-15(31-3)9-10-21(19)32-4/h5-12,14,27H,1-4H3,(H,26,30)(H,28,29). The Bertz CT molecular complexity index is 1330. The number of carbonyl (C=O) groups is 2. The number of amides is 2. The van der Waals surface area contributed by atoms with E-state index in [9.17, 15) is 9.59 Å². The number of hydrogen-bond donors (Lipinski definition) is 3. The van der Waals surface area contributed by atoms with Crippen molar-refractivity contribution in [3.05, 3.63) is 59.9 Å². The minimum atomic E-state index is -0.806. The third-order valence-corrected chi connectivity index (χ3v) is 5.32. The lowest BCUT2D eigenvalue weighted by Crippen LogP contribution is -2.42. The normalized spacial score (nSPS) is 11.9. The summed E-state index contributed by atoms with van der Waals surface area (Å²) >= 11 is 0. The lowest BCUT2D eigenvalue weighted by Gasteiger charge is -2.16. The molecule has 0 radical (unpaired) electrons. The van der Waals surface area contributed by atoms with E-state index in [1.54, 1.807) is 31.2 Å². The molecule has 164 valence electrons. The summed E-state index contributed by atoms with van der Waals surface area (Å²) < 4.78 is 10.5. The molecule has 1 atom stereocenters. The minimum absolute atomic E-state index is 0.248. The van der Waals surface area contributed by atoms with Gasteiger partial charge in [-0.25, -0.2) is 4.98 Å². The smallest absolute Gasteiger partial charge is 0.270 e. The molecule has 0 aliphatic heterocycles.